The fourth-order valence-corrected chi connectivity index (χ4v) is 4.30. The zero-order valence-electron chi connectivity index (χ0n) is 18.0. The summed E-state index contributed by atoms with van der Waals surface area (Å²) in [4.78, 5) is 23.9. The lowest BCUT2D eigenvalue weighted by Gasteiger charge is -2.26. The molecule has 3 N–H and O–H groups in total. The van der Waals surface area contributed by atoms with E-state index in [2.05, 4.69) is 25.5 Å². The molecule has 1 amide bonds. The number of pyridine rings is 2. The molecular weight excluding hydrogens is 465 g/mol. The minimum atomic E-state index is -0.521. The van der Waals surface area contributed by atoms with Crippen molar-refractivity contribution in [3.8, 4) is 5.75 Å². The molecule has 3 heterocycles. The highest BCUT2D eigenvalue weighted by atomic mass is 35.5. The maximum atomic E-state index is 12.9. The van der Waals surface area contributed by atoms with Crippen molar-refractivity contribution < 1.29 is 14.6 Å². The predicted molar refractivity (Wildman–Crippen MR) is 129 cm³/mol. The first-order valence-electron chi connectivity index (χ1n) is 10.8. The van der Waals surface area contributed by atoms with Crippen LogP contribution in [0.25, 0.3) is 10.9 Å². The largest absolute Gasteiger partial charge is 0.504 e. The van der Waals surface area contributed by atoms with Crippen LogP contribution in [0.3, 0.4) is 0 Å². The Balaban J connectivity index is 1.47. The van der Waals surface area contributed by atoms with Crippen LogP contribution in [-0.4, -0.2) is 65.3 Å². The van der Waals surface area contributed by atoms with Crippen LogP contribution in [0.1, 0.15) is 22.5 Å². The lowest BCUT2D eigenvalue weighted by molar-refractivity contribution is 0.0378. The molecule has 1 fully saturated rings. The van der Waals surface area contributed by atoms with Gasteiger partial charge in [0.05, 0.1) is 13.2 Å². The van der Waals surface area contributed by atoms with Gasteiger partial charge in [-0.1, -0.05) is 23.2 Å². The summed E-state index contributed by atoms with van der Waals surface area (Å²) in [6.45, 7) is 5.20. The van der Waals surface area contributed by atoms with Crippen LogP contribution in [0.2, 0.25) is 10.0 Å². The average molecular weight is 490 g/mol. The minimum Gasteiger partial charge on any atom is -0.504 e. The van der Waals surface area contributed by atoms with Crippen LogP contribution in [-0.2, 0) is 11.3 Å². The fourth-order valence-electron chi connectivity index (χ4n) is 3.73. The second-order valence-electron chi connectivity index (χ2n) is 7.75. The molecule has 4 rings (SSSR count). The Labute approximate surface area is 201 Å². The van der Waals surface area contributed by atoms with Gasteiger partial charge in [-0.25, -0.2) is 4.98 Å². The zero-order valence-corrected chi connectivity index (χ0v) is 19.5. The molecular formula is C23H25Cl2N5O3. The molecule has 8 nitrogen and oxygen atoms in total. The van der Waals surface area contributed by atoms with Crippen LogP contribution in [0, 0.1) is 0 Å². The van der Waals surface area contributed by atoms with E-state index in [4.69, 9.17) is 27.9 Å². The number of morpholine rings is 1. The molecule has 0 spiro atoms. The molecule has 0 unspecified atom stereocenters. The lowest BCUT2D eigenvalue weighted by Crippen LogP contribution is -2.37. The van der Waals surface area contributed by atoms with Gasteiger partial charge in [0.15, 0.2) is 11.4 Å². The molecule has 33 heavy (non-hydrogen) atoms. The van der Waals surface area contributed by atoms with Crippen molar-refractivity contribution in [1.82, 2.24) is 20.2 Å². The Morgan fingerprint density at radius 3 is 2.70 bits per heavy atom. The highest BCUT2D eigenvalue weighted by Crippen LogP contribution is 2.30. The highest BCUT2D eigenvalue weighted by Gasteiger charge is 2.20. The number of nitrogens with one attached hydrogen (secondary N) is 2. The second-order valence-corrected chi connectivity index (χ2v) is 8.62. The van der Waals surface area contributed by atoms with Gasteiger partial charge in [-0.3, -0.25) is 14.7 Å². The molecule has 10 heteroatoms. The Hall–Kier alpha value is -2.65. The molecule has 1 aromatic carbocycles. The third-order valence-corrected chi connectivity index (χ3v) is 5.81. The van der Waals surface area contributed by atoms with E-state index < -0.39 is 5.91 Å². The van der Waals surface area contributed by atoms with Gasteiger partial charge in [-0.05, 0) is 48.9 Å². The van der Waals surface area contributed by atoms with Gasteiger partial charge in [-0.2, -0.15) is 0 Å². The Morgan fingerprint density at radius 1 is 1.18 bits per heavy atom. The summed E-state index contributed by atoms with van der Waals surface area (Å²) in [7, 11) is 0. The van der Waals surface area contributed by atoms with Crippen molar-refractivity contribution in [2.75, 3.05) is 44.7 Å². The minimum absolute atomic E-state index is 0.0926. The van der Waals surface area contributed by atoms with E-state index in [1.807, 2.05) is 6.07 Å². The predicted octanol–water partition coefficient (Wildman–Crippen LogP) is 3.71. The third-order valence-electron chi connectivity index (χ3n) is 5.37. The summed E-state index contributed by atoms with van der Waals surface area (Å²) in [5.74, 6) is -0.271. The summed E-state index contributed by atoms with van der Waals surface area (Å²) in [6, 6.07) is 8.63. The number of hydrogen-bond acceptors (Lipinski definition) is 7. The molecule has 1 aliphatic heterocycles. The molecule has 1 saturated heterocycles. The fraction of sp³-hybridized carbons (Fsp3) is 0.348. The summed E-state index contributed by atoms with van der Waals surface area (Å²) in [5, 5.41) is 18.4. The van der Waals surface area contributed by atoms with E-state index >= 15 is 0 Å². The van der Waals surface area contributed by atoms with Crippen molar-refractivity contribution in [2.24, 2.45) is 0 Å². The molecule has 0 radical (unpaired) electrons. The maximum absolute atomic E-state index is 12.9. The van der Waals surface area contributed by atoms with E-state index in [-0.39, 0.29) is 18.0 Å². The molecule has 0 aliphatic carbocycles. The zero-order chi connectivity index (χ0) is 23.2. The summed E-state index contributed by atoms with van der Waals surface area (Å²) in [6.07, 6.45) is 2.47. The molecule has 1 aliphatic rings. The number of nitrogens with zero attached hydrogens (tertiary/aromatic N) is 3. The number of aromatic hydroxyl groups is 1. The normalized spacial score (nSPS) is 14.4. The number of ether oxygens (including phenoxy) is 1. The van der Waals surface area contributed by atoms with Crippen molar-refractivity contribution >= 4 is 45.8 Å². The standard InChI is InChI=1S/C23H25Cl2N5O3/c24-16-11-15(12-17(25)13-16)14-28-23(32)20-21(31)19-18(3-1-4-26-19)22(29-20)27-5-2-6-30-7-9-33-10-8-30/h1,3-4,11-13,31H,2,5-10,14H2,(H,27,29)(H,28,32). The van der Waals surface area contributed by atoms with Crippen molar-refractivity contribution in [3.05, 3.63) is 57.8 Å². The van der Waals surface area contributed by atoms with Crippen LogP contribution >= 0.6 is 23.2 Å². The number of carbonyl (C=O) groups is 1. The van der Waals surface area contributed by atoms with Crippen LogP contribution < -0.4 is 10.6 Å². The number of rotatable bonds is 8. The third kappa shape index (κ3) is 6.03. The molecule has 0 bridgehead atoms. The SMILES string of the molecule is O=C(NCc1cc(Cl)cc(Cl)c1)c1nc(NCCCN2CCOCC2)c2cccnc2c1O. The maximum Gasteiger partial charge on any atom is 0.274 e. The molecule has 0 atom stereocenters. The molecule has 3 aromatic rings. The quantitative estimate of drug-likeness (QED) is 0.414. The number of hydrogen-bond donors (Lipinski definition) is 3. The van der Waals surface area contributed by atoms with Crippen LogP contribution in [0.15, 0.2) is 36.5 Å². The van der Waals surface area contributed by atoms with Gasteiger partial charge in [0, 0.05) is 47.8 Å². The lowest BCUT2D eigenvalue weighted by atomic mass is 10.1. The Morgan fingerprint density at radius 2 is 1.94 bits per heavy atom. The van der Waals surface area contributed by atoms with Crippen LogP contribution in [0.4, 0.5) is 5.82 Å². The van der Waals surface area contributed by atoms with E-state index in [1.165, 1.54) is 0 Å². The van der Waals surface area contributed by atoms with Crippen molar-refractivity contribution in [1.29, 1.82) is 0 Å². The van der Waals surface area contributed by atoms with Gasteiger partial charge in [-0.15, -0.1) is 0 Å². The van der Waals surface area contributed by atoms with Crippen molar-refractivity contribution in [3.63, 3.8) is 0 Å². The van der Waals surface area contributed by atoms with Gasteiger partial charge in [0.1, 0.15) is 11.3 Å². The highest BCUT2D eigenvalue weighted by molar-refractivity contribution is 6.34. The summed E-state index contributed by atoms with van der Waals surface area (Å²) >= 11 is 12.1. The van der Waals surface area contributed by atoms with Gasteiger partial charge < -0.3 is 20.5 Å². The van der Waals surface area contributed by atoms with Gasteiger partial charge in [0.2, 0.25) is 0 Å². The Kier molecular flexibility index (Phi) is 7.82. The second kappa shape index (κ2) is 11.0. The number of benzene rings is 1. The number of amides is 1. The first kappa shape index (κ1) is 23.5. The van der Waals surface area contributed by atoms with E-state index in [1.54, 1.807) is 30.5 Å². The topological polar surface area (TPSA) is 99.6 Å². The van der Waals surface area contributed by atoms with Crippen molar-refractivity contribution in [2.45, 2.75) is 13.0 Å². The van der Waals surface area contributed by atoms with Crippen LogP contribution in [0.5, 0.6) is 5.75 Å². The van der Waals surface area contributed by atoms with E-state index in [9.17, 15) is 9.90 Å². The molecule has 2 aromatic heterocycles. The average Bonchev–Trinajstić information content (AvgIpc) is 2.82. The molecule has 174 valence electrons. The van der Waals surface area contributed by atoms with E-state index in [0.717, 1.165) is 44.8 Å². The van der Waals surface area contributed by atoms with Gasteiger partial charge in [0.25, 0.3) is 5.91 Å². The first-order valence-corrected chi connectivity index (χ1v) is 11.5. The molecule has 0 saturated carbocycles. The number of fused-ring (bicyclic) bond motifs is 1. The number of aromatic nitrogens is 2. The first-order chi connectivity index (χ1) is 16.0. The summed E-state index contributed by atoms with van der Waals surface area (Å²) in [5.41, 5.74) is 0.963. The monoisotopic (exact) mass is 489 g/mol. The number of anilines is 1. The smallest absolute Gasteiger partial charge is 0.274 e. The number of carbonyl (C=O) groups excluding carboxylic acids is 1. The Bertz CT molecular complexity index is 1120. The number of halogens is 2. The summed E-state index contributed by atoms with van der Waals surface area (Å²) < 4.78 is 5.38. The van der Waals surface area contributed by atoms with E-state index in [0.29, 0.717) is 33.3 Å². The van der Waals surface area contributed by atoms with Gasteiger partial charge >= 0.3 is 0 Å².